The smallest absolute Gasteiger partial charge is 0.416 e. The molecule has 0 aromatic heterocycles. The van der Waals surface area contributed by atoms with Crippen molar-refractivity contribution >= 4 is 38.4 Å². The molecule has 0 fully saturated rings. The van der Waals surface area contributed by atoms with E-state index in [0.717, 1.165) is 36.6 Å². The van der Waals surface area contributed by atoms with Gasteiger partial charge >= 0.3 is 12.1 Å². The first-order valence-corrected chi connectivity index (χ1v) is 9.93. The van der Waals surface area contributed by atoms with E-state index in [1.165, 1.54) is 0 Å². The maximum Gasteiger partial charge on any atom is 0.416 e. The molecule has 2 aromatic rings. The summed E-state index contributed by atoms with van der Waals surface area (Å²) in [6.07, 6.45) is -3.95. The number of hydrogen-bond acceptors (Lipinski definition) is 4. The van der Waals surface area contributed by atoms with Gasteiger partial charge in [-0.05, 0) is 42.5 Å². The maximum absolute atomic E-state index is 13.0. The third-order valence-corrected chi connectivity index (χ3v) is 5.24. The molecule has 146 valence electrons. The molecule has 2 rings (SSSR count). The fourth-order valence-electron chi connectivity index (χ4n) is 2.17. The van der Waals surface area contributed by atoms with E-state index >= 15 is 0 Å². The van der Waals surface area contributed by atoms with Gasteiger partial charge in [0.1, 0.15) is 0 Å². The zero-order valence-electron chi connectivity index (χ0n) is 13.5. The van der Waals surface area contributed by atoms with Crippen LogP contribution in [0.4, 0.5) is 24.5 Å². The van der Waals surface area contributed by atoms with Gasteiger partial charge in [-0.25, -0.2) is 21.7 Å². The second-order valence-corrected chi connectivity index (χ2v) is 8.20. The van der Waals surface area contributed by atoms with Crippen LogP contribution in [0.5, 0.6) is 0 Å². The van der Waals surface area contributed by atoms with Gasteiger partial charge < -0.3 is 5.11 Å². The van der Waals surface area contributed by atoms with Gasteiger partial charge in [-0.2, -0.15) is 13.2 Å². The highest BCUT2D eigenvalue weighted by Gasteiger charge is 2.33. The zero-order valence-corrected chi connectivity index (χ0v) is 15.1. The summed E-state index contributed by atoms with van der Waals surface area (Å²) >= 11 is -2.87. The van der Waals surface area contributed by atoms with Gasteiger partial charge in [0.25, 0.3) is 11.3 Å². The first-order chi connectivity index (χ1) is 12.3. The van der Waals surface area contributed by atoms with Crippen LogP contribution < -0.4 is 4.31 Å². The Bertz CT molecular complexity index is 1000. The number of benzene rings is 2. The average molecular weight is 423 g/mol. The zero-order chi connectivity index (χ0) is 20.6. The Morgan fingerprint density at radius 2 is 1.63 bits per heavy atom. The van der Waals surface area contributed by atoms with E-state index in [4.69, 9.17) is 5.11 Å². The minimum atomic E-state index is -4.89. The van der Waals surface area contributed by atoms with Crippen LogP contribution in [0, 0.1) is 0 Å². The molecule has 7 nitrogen and oxygen atoms in total. The van der Waals surface area contributed by atoms with Crippen LogP contribution in [0.3, 0.4) is 0 Å². The summed E-state index contributed by atoms with van der Waals surface area (Å²) in [7, 11) is -3.56. The second kappa shape index (κ2) is 7.29. The van der Waals surface area contributed by atoms with Crippen LogP contribution in [0.15, 0.2) is 47.4 Å². The topological polar surface area (TPSA) is 112 Å². The second-order valence-electron chi connectivity index (χ2n) is 5.36. The highest BCUT2D eigenvalue weighted by molar-refractivity contribution is 7.90. The normalized spacial score (nSPS) is 13.2. The Hall–Kier alpha value is -2.44. The number of anilines is 2. The third-order valence-electron chi connectivity index (χ3n) is 3.38. The summed E-state index contributed by atoms with van der Waals surface area (Å²) in [5, 5.41) is 9.03. The molecule has 2 aromatic carbocycles. The number of carbonyl (C=O) groups is 1. The van der Waals surface area contributed by atoms with Crippen molar-refractivity contribution in [2.45, 2.75) is 11.1 Å². The molecule has 0 bridgehead atoms. The summed E-state index contributed by atoms with van der Waals surface area (Å²) in [6.45, 7) is 0. The maximum atomic E-state index is 13.0. The Morgan fingerprint density at radius 1 is 1.07 bits per heavy atom. The molecule has 1 atom stereocenters. The van der Waals surface area contributed by atoms with Crippen LogP contribution in [0.25, 0.3) is 0 Å². The molecule has 0 aliphatic rings. The Balaban J connectivity index is 2.65. The van der Waals surface area contributed by atoms with Crippen LogP contribution in [0.1, 0.15) is 15.9 Å². The highest BCUT2D eigenvalue weighted by Crippen LogP contribution is 2.36. The summed E-state index contributed by atoms with van der Waals surface area (Å²) in [6, 6.07) is 6.17. The number of halogens is 3. The van der Waals surface area contributed by atoms with Gasteiger partial charge in [0.15, 0.2) is 9.84 Å². The average Bonchev–Trinajstić information content (AvgIpc) is 2.53. The summed E-state index contributed by atoms with van der Waals surface area (Å²) in [5.74, 6) is -1.65. The van der Waals surface area contributed by atoms with E-state index in [1.807, 2.05) is 0 Å². The van der Waals surface area contributed by atoms with Gasteiger partial charge in [-0.15, -0.1) is 0 Å². The number of alkyl halides is 3. The number of nitrogens with zero attached hydrogens (tertiary/aromatic N) is 1. The first-order valence-electron chi connectivity index (χ1n) is 6.97. The highest BCUT2D eigenvalue weighted by atomic mass is 32.2. The van der Waals surface area contributed by atoms with Gasteiger partial charge in [-0.1, -0.05) is 0 Å². The number of aromatic carboxylic acids is 1. The van der Waals surface area contributed by atoms with Crippen molar-refractivity contribution in [2.75, 3.05) is 10.6 Å². The lowest BCUT2D eigenvalue weighted by molar-refractivity contribution is -0.137. The quantitative estimate of drug-likeness (QED) is 0.715. The van der Waals surface area contributed by atoms with E-state index in [1.54, 1.807) is 0 Å². The fourth-order valence-corrected chi connectivity index (χ4v) is 3.39. The number of carboxylic acid groups (broad SMARTS) is 1. The molecule has 27 heavy (non-hydrogen) atoms. The van der Waals surface area contributed by atoms with Gasteiger partial charge in [0, 0.05) is 6.26 Å². The summed E-state index contributed by atoms with van der Waals surface area (Å²) in [5.41, 5.74) is -2.67. The predicted molar refractivity (Wildman–Crippen MR) is 90.9 cm³/mol. The summed E-state index contributed by atoms with van der Waals surface area (Å²) < 4.78 is 83.9. The van der Waals surface area contributed by atoms with Gasteiger partial charge in [0.2, 0.25) is 0 Å². The molecule has 1 unspecified atom stereocenters. The van der Waals surface area contributed by atoms with Gasteiger partial charge in [0.05, 0.1) is 27.4 Å². The van der Waals surface area contributed by atoms with E-state index in [2.05, 4.69) is 0 Å². The van der Waals surface area contributed by atoms with Crippen molar-refractivity contribution in [1.29, 1.82) is 0 Å². The lowest BCUT2D eigenvalue weighted by atomic mass is 10.1. The Morgan fingerprint density at radius 3 is 2.04 bits per heavy atom. The van der Waals surface area contributed by atoms with Crippen LogP contribution in [-0.2, 0) is 27.3 Å². The van der Waals surface area contributed by atoms with Crippen molar-refractivity contribution in [3.63, 3.8) is 0 Å². The minimum Gasteiger partial charge on any atom is -0.478 e. The number of sulfone groups is 1. The molecular formula is C15H12F3NO6S2. The van der Waals surface area contributed by atoms with Crippen molar-refractivity contribution in [3.05, 3.63) is 53.6 Å². The largest absolute Gasteiger partial charge is 0.478 e. The van der Waals surface area contributed by atoms with E-state index in [9.17, 15) is 35.1 Å². The Labute approximate surface area is 154 Å². The lowest BCUT2D eigenvalue weighted by Gasteiger charge is -2.22. The molecule has 0 heterocycles. The van der Waals surface area contributed by atoms with E-state index in [0.29, 0.717) is 16.4 Å². The number of hydrogen-bond donors (Lipinski definition) is 2. The van der Waals surface area contributed by atoms with Crippen molar-refractivity contribution in [3.8, 4) is 0 Å². The molecule has 12 heteroatoms. The van der Waals surface area contributed by atoms with Crippen LogP contribution in [-0.4, -0.2) is 34.5 Å². The Kier molecular flexibility index (Phi) is 5.63. The number of rotatable bonds is 5. The van der Waals surface area contributed by atoms with Crippen molar-refractivity contribution in [1.82, 2.24) is 0 Å². The molecular weight excluding hydrogens is 411 g/mol. The SMILES string of the molecule is CS(=O)(=O)c1ccc(N(c2cc(C(=O)O)cc(C(F)(F)F)c2)S(=O)O)cc1. The molecule has 2 N–H and O–H groups in total. The van der Waals surface area contributed by atoms with Gasteiger partial charge in [-0.3, -0.25) is 4.55 Å². The molecule has 0 saturated heterocycles. The summed E-state index contributed by atoms with van der Waals surface area (Å²) in [4.78, 5) is 11.0. The van der Waals surface area contributed by atoms with Crippen LogP contribution in [0.2, 0.25) is 0 Å². The van der Waals surface area contributed by atoms with E-state index in [-0.39, 0.29) is 10.6 Å². The lowest BCUT2D eigenvalue weighted by Crippen LogP contribution is -2.21. The molecule has 0 saturated carbocycles. The minimum absolute atomic E-state index is 0.106. The number of carboxylic acids is 1. The van der Waals surface area contributed by atoms with Crippen molar-refractivity contribution < 1.29 is 40.3 Å². The van der Waals surface area contributed by atoms with Crippen molar-refractivity contribution in [2.24, 2.45) is 0 Å². The fraction of sp³-hybridized carbons (Fsp3) is 0.133. The molecule has 0 aliphatic heterocycles. The van der Waals surface area contributed by atoms with E-state index < -0.39 is 50.1 Å². The molecule has 0 spiro atoms. The molecule has 0 aliphatic carbocycles. The third kappa shape index (κ3) is 4.84. The standard InChI is InChI=1S/C15H12F3NO6S2/c1-27(24,25)13-4-2-11(3-5-13)19(26(22)23)12-7-9(14(20)21)6-10(8-12)15(16,17)18/h2-8H,1H3,(H,20,21)(H,22,23). The predicted octanol–water partition coefficient (Wildman–Crippen LogP) is 3.08. The molecule has 0 radical (unpaired) electrons. The monoisotopic (exact) mass is 423 g/mol. The van der Waals surface area contributed by atoms with Crippen LogP contribution >= 0.6 is 0 Å². The first kappa shape index (κ1) is 20.9. The molecule has 0 amide bonds.